The van der Waals surface area contributed by atoms with Crippen LogP contribution in [0.4, 0.5) is 5.69 Å². The van der Waals surface area contributed by atoms with Gasteiger partial charge in [0, 0.05) is 6.42 Å². The number of esters is 1. The third-order valence-corrected chi connectivity index (χ3v) is 5.86. The van der Waals surface area contributed by atoms with Gasteiger partial charge >= 0.3 is 5.97 Å². The third-order valence-electron chi connectivity index (χ3n) is 4.53. The molecule has 0 saturated carbocycles. The van der Waals surface area contributed by atoms with Crippen molar-refractivity contribution < 1.29 is 22.7 Å². The molecule has 28 heavy (non-hydrogen) atoms. The Morgan fingerprint density at radius 2 is 1.75 bits per heavy atom. The Morgan fingerprint density at radius 1 is 1.07 bits per heavy atom. The summed E-state index contributed by atoms with van der Waals surface area (Å²) in [6.45, 7) is 0. The molecule has 1 atom stereocenters. The second-order valence-electron chi connectivity index (χ2n) is 6.39. The number of ether oxygens (including phenoxy) is 1. The molecule has 0 radical (unpaired) electrons. The number of nitrogens with one attached hydrogen (secondary N) is 1. The van der Waals surface area contributed by atoms with Crippen LogP contribution in [0.15, 0.2) is 63.9 Å². The standard InChI is InChI=1S/C20H20N2O5S/c1-27-19(24)13-15(14-7-3-2-4-8-14)11-12-17(23)20-21-16-9-5-6-10-18(16)28(25,26)22-20/h2-10,15H,11-13H2,1H3,(H,21,22). The first-order chi connectivity index (χ1) is 13.4. The van der Waals surface area contributed by atoms with Crippen molar-refractivity contribution in [1.82, 2.24) is 0 Å². The zero-order valence-corrected chi connectivity index (χ0v) is 16.1. The molecule has 2 aromatic carbocycles. The van der Waals surface area contributed by atoms with Gasteiger partial charge in [-0.2, -0.15) is 8.42 Å². The van der Waals surface area contributed by atoms with Crippen LogP contribution in [0.25, 0.3) is 0 Å². The summed E-state index contributed by atoms with van der Waals surface area (Å²) in [6.07, 6.45) is 0.537. The summed E-state index contributed by atoms with van der Waals surface area (Å²) >= 11 is 0. The lowest BCUT2D eigenvalue weighted by Crippen LogP contribution is -2.29. The van der Waals surface area contributed by atoms with Crippen molar-refractivity contribution >= 4 is 33.3 Å². The molecule has 0 saturated heterocycles. The van der Waals surface area contributed by atoms with Crippen molar-refractivity contribution in [2.45, 2.75) is 30.1 Å². The van der Waals surface area contributed by atoms with Crippen molar-refractivity contribution in [2.75, 3.05) is 12.4 Å². The van der Waals surface area contributed by atoms with E-state index in [0.717, 1.165) is 5.56 Å². The van der Waals surface area contributed by atoms with E-state index in [1.165, 1.54) is 13.2 Å². The van der Waals surface area contributed by atoms with E-state index in [4.69, 9.17) is 4.74 Å². The maximum atomic E-state index is 12.6. The van der Waals surface area contributed by atoms with Crippen LogP contribution in [0.5, 0.6) is 0 Å². The van der Waals surface area contributed by atoms with Gasteiger partial charge in [0.2, 0.25) is 0 Å². The van der Waals surface area contributed by atoms with Gasteiger partial charge in [-0.05, 0) is 30.0 Å². The first-order valence-electron chi connectivity index (χ1n) is 8.76. The fraction of sp³-hybridized carbons (Fsp3) is 0.250. The number of benzene rings is 2. The number of para-hydroxylation sites is 1. The highest BCUT2D eigenvalue weighted by atomic mass is 32.2. The number of nitrogens with zero attached hydrogens (tertiary/aromatic N) is 1. The Labute approximate surface area is 163 Å². The zero-order chi connectivity index (χ0) is 20.1. The molecule has 7 nitrogen and oxygen atoms in total. The Hall–Kier alpha value is -3.00. The average Bonchev–Trinajstić information content (AvgIpc) is 2.70. The number of fused-ring (bicyclic) bond motifs is 1. The normalized spacial score (nSPS) is 15.5. The molecule has 1 heterocycles. The molecule has 1 aliphatic heterocycles. The van der Waals surface area contributed by atoms with E-state index in [1.807, 2.05) is 30.3 Å². The van der Waals surface area contributed by atoms with Crippen molar-refractivity contribution in [3.8, 4) is 0 Å². The maximum Gasteiger partial charge on any atom is 0.306 e. The highest BCUT2D eigenvalue weighted by molar-refractivity contribution is 7.90. The number of Topliss-reactive ketones (excluding diaryl/α,β-unsaturated/α-hetero) is 1. The van der Waals surface area contributed by atoms with Crippen LogP contribution in [0, 0.1) is 0 Å². The molecule has 1 N–H and O–H groups in total. The van der Waals surface area contributed by atoms with E-state index in [9.17, 15) is 18.0 Å². The molecule has 0 bridgehead atoms. The van der Waals surface area contributed by atoms with Gasteiger partial charge in [0.15, 0.2) is 11.6 Å². The number of hydrogen-bond donors (Lipinski definition) is 1. The Balaban J connectivity index is 1.75. The van der Waals surface area contributed by atoms with Crippen molar-refractivity contribution in [2.24, 2.45) is 4.40 Å². The van der Waals surface area contributed by atoms with Crippen LogP contribution in [0.3, 0.4) is 0 Å². The molecule has 1 aliphatic rings. The summed E-state index contributed by atoms with van der Waals surface area (Å²) in [5, 5.41) is 2.80. The van der Waals surface area contributed by atoms with Crippen LogP contribution in [-0.4, -0.2) is 33.1 Å². The highest BCUT2D eigenvalue weighted by Crippen LogP contribution is 2.29. The third kappa shape index (κ3) is 4.45. The van der Waals surface area contributed by atoms with Gasteiger partial charge in [-0.25, -0.2) is 0 Å². The quantitative estimate of drug-likeness (QED) is 0.717. The minimum absolute atomic E-state index is 0.0411. The molecule has 1 unspecified atom stereocenters. The summed E-state index contributed by atoms with van der Waals surface area (Å²) in [7, 11) is -2.60. The average molecular weight is 400 g/mol. The first kappa shape index (κ1) is 19.8. The number of rotatable bonds is 7. The van der Waals surface area contributed by atoms with Gasteiger partial charge in [0.05, 0.1) is 19.2 Å². The van der Waals surface area contributed by atoms with Crippen molar-refractivity contribution in [3.63, 3.8) is 0 Å². The molecule has 8 heteroatoms. The van der Waals surface area contributed by atoms with E-state index in [2.05, 4.69) is 9.71 Å². The Morgan fingerprint density at radius 3 is 2.46 bits per heavy atom. The smallest absolute Gasteiger partial charge is 0.306 e. The van der Waals surface area contributed by atoms with Gasteiger partial charge in [-0.15, -0.1) is 4.40 Å². The lowest BCUT2D eigenvalue weighted by atomic mass is 9.90. The number of carbonyl (C=O) groups is 2. The fourth-order valence-corrected chi connectivity index (χ4v) is 4.19. The first-order valence-corrected chi connectivity index (χ1v) is 10.2. The lowest BCUT2D eigenvalue weighted by molar-refractivity contribution is -0.141. The maximum absolute atomic E-state index is 12.6. The number of ketones is 1. The van der Waals surface area contributed by atoms with Gasteiger partial charge in [0.1, 0.15) is 4.90 Å². The Kier molecular flexibility index (Phi) is 5.89. The minimum Gasteiger partial charge on any atom is -0.469 e. The van der Waals surface area contributed by atoms with Crippen molar-refractivity contribution in [3.05, 3.63) is 60.2 Å². The van der Waals surface area contributed by atoms with Crippen LogP contribution >= 0.6 is 0 Å². The molecular weight excluding hydrogens is 380 g/mol. The van der Waals surface area contributed by atoms with E-state index in [0.29, 0.717) is 12.1 Å². The molecular formula is C20H20N2O5S. The molecule has 0 fully saturated rings. The summed E-state index contributed by atoms with van der Waals surface area (Å²) < 4.78 is 33.0. The predicted octanol–water partition coefficient (Wildman–Crippen LogP) is 2.90. The molecule has 0 amide bonds. The van der Waals surface area contributed by atoms with Crippen molar-refractivity contribution in [1.29, 1.82) is 0 Å². The highest BCUT2D eigenvalue weighted by Gasteiger charge is 2.28. The molecule has 0 spiro atoms. The van der Waals surface area contributed by atoms with Gasteiger partial charge in [-0.1, -0.05) is 42.5 Å². The molecule has 0 aromatic heterocycles. The summed E-state index contributed by atoms with van der Waals surface area (Å²) in [5.41, 5.74) is 1.24. The number of hydrogen-bond acceptors (Lipinski definition) is 6. The predicted molar refractivity (Wildman–Crippen MR) is 105 cm³/mol. The van der Waals surface area contributed by atoms with Gasteiger partial charge in [-0.3, -0.25) is 9.59 Å². The second-order valence-corrected chi connectivity index (χ2v) is 7.96. The van der Waals surface area contributed by atoms with E-state index in [-0.39, 0.29) is 35.5 Å². The zero-order valence-electron chi connectivity index (χ0n) is 15.3. The minimum atomic E-state index is -3.92. The van der Waals surface area contributed by atoms with E-state index in [1.54, 1.807) is 18.2 Å². The van der Waals surface area contributed by atoms with Gasteiger partial charge < -0.3 is 10.1 Å². The topological polar surface area (TPSA) is 102 Å². The SMILES string of the molecule is COC(=O)CC(CCC(=O)C1=NS(=O)(=O)c2ccccc2N1)c1ccccc1. The number of anilines is 1. The summed E-state index contributed by atoms with van der Waals surface area (Å²) in [4.78, 5) is 24.4. The number of sulfonamides is 1. The van der Waals surface area contributed by atoms with Crippen LogP contribution in [0.1, 0.15) is 30.7 Å². The second kappa shape index (κ2) is 8.35. The Bertz CT molecular complexity index is 1020. The largest absolute Gasteiger partial charge is 0.469 e. The lowest BCUT2D eigenvalue weighted by Gasteiger charge is -2.19. The fourth-order valence-electron chi connectivity index (χ4n) is 3.06. The van der Waals surface area contributed by atoms with E-state index < -0.39 is 15.8 Å². The number of methoxy groups -OCH3 is 1. The number of amidine groups is 1. The van der Waals surface area contributed by atoms with Crippen LogP contribution in [-0.2, 0) is 24.3 Å². The van der Waals surface area contributed by atoms with Gasteiger partial charge in [0.25, 0.3) is 10.0 Å². The monoisotopic (exact) mass is 400 g/mol. The summed E-state index contributed by atoms with van der Waals surface area (Å²) in [5.74, 6) is -1.22. The number of carbonyl (C=O) groups excluding carboxylic acids is 2. The van der Waals surface area contributed by atoms with Crippen LogP contribution in [0.2, 0.25) is 0 Å². The molecule has 2 aromatic rings. The molecule has 0 aliphatic carbocycles. The summed E-state index contributed by atoms with van der Waals surface area (Å²) in [6, 6.07) is 15.6. The van der Waals surface area contributed by atoms with E-state index >= 15 is 0 Å². The molecule has 3 rings (SSSR count). The van der Waals surface area contributed by atoms with Crippen LogP contribution < -0.4 is 5.32 Å². The molecule has 146 valence electrons.